The molecular formula is C17H16N6O. The van der Waals surface area contributed by atoms with E-state index in [1.807, 2.05) is 31.3 Å². The number of nitriles is 1. The number of amides is 1. The van der Waals surface area contributed by atoms with Crippen molar-refractivity contribution >= 4 is 11.7 Å². The van der Waals surface area contributed by atoms with Gasteiger partial charge in [0, 0.05) is 24.0 Å². The van der Waals surface area contributed by atoms with Crippen LogP contribution in [0.3, 0.4) is 0 Å². The molecule has 1 amide bonds. The summed E-state index contributed by atoms with van der Waals surface area (Å²) in [5.41, 5.74) is 2.21. The van der Waals surface area contributed by atoms with Crippen molar-refractivity contribution in [1.29, 1.82) is 5.26 Å². The summed E-state index contributed by atoms with van der Waals surface area (Å²) in [7, 11) is 0. The van der Waals surface area contributed by atoms with Gasteiger partial charge in [0.25, 0.3) is 5.91 Å². The van der Waals surface area contributed by atoms with Gasteiger partial charge in [0.15, 0.2) is 0 Å². The molecule has 3 rings (SSSR count). The molecule has 1 N–H and O–H groups in total. The number of hydrogen-bond donors (Lipinski definition) is 1. The molecule has 0 aliphatic rings. The summed E-state index contributed by atoms with van der Waals surface area (Å²) in [6, 6.07) is 12.9. The van der Waals surface area contributed by atoms with Crippen LogP contribution in [0.4, 0.5) is 5.82 Å². The van der Waals surface area contributed by atoms with Crippen LogP contribution in [0.2, 0.25) is 0 Å². The van der Waals surface area contributed by atoms with Crippen LogP contribution in [0.1, 0.15) is 22.5 Å². The van der Waals surface area contributed by atoms with Gasteiger partial charge in [-0.05, 0) is 37.3 Å². The van der Waals surface area contributed by atoms with Crippen molar-refractivity contribution in [2.75, 3.05) is 5.32 Å². The summed E-state index contributed by atoms with van der Waals surface area (Å²) in [4.78, 5) is 12.4. The third kappa shape index (κ3) is 3.33. The van der Waals surface area contributed by atoms with E-state index in [4.69, 9.17) is 5.26 Å². The molecule has 0 atom stereocenters. The highest BCUT2D eigenvalue weighted by molar-refractivity contribution is 6.03. The molecule has 0 fully saturated rings. The number of anilines is 1. The van der Waals surface area contributed by atoms with Crippen LogP contribution in [-0.2, 0) is 6.54 Å². The van der Waals surface area contributed by atoms with Crippen LogP contribution >= 0.6 is 0 Å². The number of carbonyl (C=O) groups is 1. The third-order valence-corrected chi connectivity index (χ3v) is 3.48. The lowest BCUT2D eigenvalue weighted by atomic mass is 10.2. The number of nitrogens with one attached hydrogen (secondary N) is 1. The molecule has 24 heavy (non-hydrogen) atoms. The molecule has 0 saturated carbocycles. The summed E-state index contributed by atoms with van der Waals surface area (Å²) < 4.78 is 3.36. The zero-order valence-corrected chi connectivity index (χ0v) is 13.2. The minimum absolute atomic E-state index is 0.222. The standard InChI is InChI=1S/C17H16N6O/c1-13-12-16(23(21-13)10-2-8-18)20-17(24)14-4-6-15(7-5-14)22-11-3-9-19-22/h3-7,9,11-12H,2,10H2,1H3,(H,20,24). The van der Waals surface area contributed by atoms with Gasteiger partial charge >= 0.3 is 0 Å². The van der Waals surface area contributed by atoms with Gasteiger partial charge < -0.3 is 5.32 Å². The fourth-order valence-electron chi connectivity index (χ4n) is 2.35. The molecule has 0 saturated heterocycles. The minimum atomic E-state index is -0.222. The number of benzene rings is 1. The van der Waals surface area contributed by atoms with Crippen molar-refractivity contribution in [3.8, 4) is 11.8 Å². The summed E-state index contributed by atoms with van der Waals surface area (Å²) in [5, 5.41) is 20.0. The van der Waals surface area contributed by atoms with E-state index in [-0.39, 0.29) is 5.91 Å². The average molecular weight is 320 g/mol. The summed E-state index contributed by atoms with van der Waals surface area (Å²) in [6.07, 6.45) is 3.87. The molecule has 0 unspecified atom stereocenters. The maximum Gasteiger partial charge on any atom is 0.256 e. The van der Waals surface area contributed by atoms with Crippen LogP contribution in [0.15, 0.2) is 48.8 Å². The second-order valence-corrected chi connectivity index (χ2v) is 5.25. The van der Waals surface area contributed by atoms with E-state index < -0.39 is 0 Å². The molecule has 0 radical (unpaired) electrons. The Hall–Kier alpha value is -3.40. The number of nitrogens with zero attached hydrogens (tertiary/aromatic N) is 5. The number of aryl methyl sites for hydroxylation is 2. The maximum atomic E-state index is 12.4. The van der Waals surface area contributed by atoms with Gasteiger partial charge in [-0.3, -0.25) is 4.79 Å². The van der Waals surface area contributed by atoms with Gasteiger partial charge in [-0.15, -0.1) is 0 Å². The smallest absolute Gasteiger partial charge is 0.256 e. The van der Waals surface area contributed by atoms with Gasteiger partial charge in [-0.2, -0.15) is 15.5 Å². The zero-order valence-electron chi connectivity index (χ0n) is 13.2. The van der Waals surface area contributed by atoms with E-state index in [1.54, 1.807) is 33.8 Å². The second kappa shape index (κ2) is 6.79. The summed E-state index contributed by atoms with van der Waals surface area (Å²) in [5.74, 6) is 0.365. The Balaban J connectivity index is 1.74. The number of aromatic nitrogens is 4. The van der Waals surface area contributed by atoms with Crippen molar-refractivity contribution < 1.29 is 4.79 Å². The van der Waals surface area contributed by atoms with E-state index in [0.717, 1.165) is 11.4 Å². The SMILES string of the molecule is Cc1cc(NC(=O)c2ccc(-n3cccn3)cc2)n(CCC#N)n1. The predicted molar refractivity (Wildman–Crippen MR) is 88.7 cm³/mol. The maximum absolute atomic E-state index is 12.4. The molecule has 2 heterocycles. The quantitative estimate of drug-likeness (QED) is 0.782. The number of rotatable bonds is 5. The Kier molecular flexibility index (Phi) is 4.38. The van der Waals surface area contributed by atoms with E-state index in [2.05, 4.69) is 21.6 Å². The molecule has 0 aliphatic carbocycles. The lowest BCUT2D eigenvalue weighted by Gasteiger charge is -2.08. The van der Waals surface area contributed by atoms with Crippen molar-refractivity contribution in [3.05, 3.63) is 60.0 Å². The zero-order chi connectivity index (χ0) is 16.9. The van der Waals surface area contributed by atoms with Crippen LogP contribution in [-0.4, -0.2) is 25.5 Å². The number of carbonyl (C=O) groups excluding carboxylic acids is 1. The predicted octanol–water partition coefficient (Wildman–Crippen LogP) is 2.54. The van der Waals surface area contributed by atoms with Crippen molar-refractivity contribution in [2.45, 2.75) is 19.9 Å². The molecule has 0 spiro atoms. The highest BCUT2D eigenvalue weighted by atomic mass is 16.1. The van der Waals surface area contributed by atoms with Crippen LogP contribution in [0, 0.1) is 18.3 Å². The first-order chi connectivity index (χ1) is 11.7. The molecular weight excluding hydrogens is 304 g/mol. The normalized spacial score (nSPS) is 10.3. The van der Waals surface area contributed by atoms with Crippen molar-refractivity contribution in [3.63, 3.8) is 0 Å². The van der Waals surface area contributed by atoms with Crippen molar-refractivity contribution in [2.24, 2.45) is 0 Å². The fraction of sp³-hybridized carbons (Fsp3) is 0.176. The molecule has 120 valence electrons. The van der Waals surface area contributed by atoms with Crippen LogP contribution in [0.25, 0.3) is 5.69 Å². The van der Waals surface area contributed by atoms with E-state index in [1.165, 1.54) is 0 Å². The Morgan fingerprint density at radius 2 is 2.12 bits per heavy atom. The largest absolute Gasteiger partial charge is 0.307 e. The first-order valence-corrected chi connectivity index (χ1v) is 7.50. The monoisotopic (exact) mass is 320 g/mol. The Morgan fingerprint density at radius 1 is 1.33 bits per heavy atom. The lowest BCUT2D eigenvalue weighted by Crippen LogP contribution is -2.16. The lowest BCUT2D eigenvalue weighted by molar-refractivity contribution is 0.102. The van der Waals surface area contributed by atoms with E-state index >= 15 is 0 Å². The third-order valence-electron chi connectivity index (χ3n) is 3.48. The van der Waals surface area contributed by atoms with Gasteiger partial charge in [0.05, 0.1) is 30.4 Å². The highest BCUT2D eigenvalue weighted by Gasteiger charge is 2.11. The molecule has 7 heteroatoms. The molecule has 0 aliphatic heterocycles. The highest BCUT2D eigenvalue weighted by Crippen LogP contribution is 2.14. The molecule has 1 aromatic carbocycles. The molecule has 2 aromatic heterocycles. The summed E-state index contributed by atoms with van der Waals surface area (Å²) >= 11 is 0. The van der Waals surface area contributed by atoms with Crippen molar-refractivity contribution in [1.82, 2.24) is 19.6 Å². The molecule has 3 aromatic rings. The van der Waals surface area contributed by atoms with E-state index in [0.29, 0.717) is 24.3 Å². The number of hydrogen-bond acceptors (Lipinski definition) is 4. The first-order valence-electron chi connectivity index (χ1n) is 7.50. The Bertz CT molecular complexity index is 871. The van der Waals surface area contributed by atoms with Gasteiger partial charge in [-0.1, -0.05) is 0 Å². The molecule has 7 nitrogen and oxygen atoms in total. The summed E-state index contributed by atoms with van der Waals surface area (Å²) in [6.45, 7) is 2.29. The second-order valence-electron chi connectivity index (χ2n) is 5.25. The van der Waals surface area contributed by atoms with Gasteiger partial charge in [-0.25, -0.2) is 9.36 Å². The topological polar surface area (TPSA) is 88.5 Å². The Labute approximate surface area is 139 Å². The van der Waals surface area contributed by atoms with Gasteiger partial charge in [0.2, 0.25) is 0 Å². The molecule has 0 bridgehead atoms. The van der Waals surface area contributed by atoms with Crippen LogP contribution < -0.4 is 5.32 Å². The fourth-order valence-corrected chi connectivity index (χ4v) is 2.35. The Morgan fingerprint density at radius 3 is 2.79 bits per heavy atom. The van der Waals surface area contributed by atoms with Crippen LogP contribution in [0.5, 0.6) is 0 Å². The minimum Gasteiger partial charge on any atom is -0.307 e. The van der Waals surface area contributed by atoms with E-state index in [9.17, 15) is 4.79 Å². The van der Waals surface area contributed by atoms with Gasteiger partial charge in [0.1, 0.15) is 5.82 Å². The first kappa shape index (κ1) is 15.5. The average Bonchev–Trinajstić information content (AvgIpc) is 3.23.